The fourth-order valence-corrected chi connectivity index (χ4v) is 3.04. The summed E-state index contributed by atoms with van der Waals surface area (Å²) < 4.78 is 30.8. The lowest BCUT2D eigenvalue weighted by Gasteiger charge is -2.09. The molecule has 106 valence electrons. The van der Waals surface area contributed by atoms with Crippen LogP contribution < -0.4 is 10.5 Å². The van der Waals surface area contributed by atoms with Gasteiger partial charge in [-0.2, -0.15) is 0 Å². The fourth-order valence-electron chi connectivity index (χ4n) is 1.82. The van der Waals surface area contributed by atoms with Crippen molar-refractivity contribution in [2.75, 3.05) is 12.3 Å². The Morgan fingerprint density at radius 3 is 2.75 bits per heavy atom. The van der Waals surface area contributed by atoms with Crippen molar-refractivity contribution in [3.05, 3.63) is 53.8 Å². The molecule has 0 spiro atoms. The van der Waals surface area contributed by atoms with E-state index in [0.29, 0.717) is 28.5 Å². The summed E-state index contributed by atoms with van der Waals surface area (Å²) in [5.41, 5.74) is 6.97. The van der Waals surface area contributed by atoms with Gasteiger partial charge < -0.3 is 10.5 Å². The van der Waals surface area contributed by atoms with Gasteiger partial charge in [0.15, 0.2) is 0 Å². The number of rotatable bonds is 5. The first-order valence-corrected chi connectivity index (χ1v) is 7.57. The van der Waals surface area contributed by atoms with Crippen molar-refractivity contribution in [3.63, 3.8) is 0 Å². The van der Waals surface area contributed by atoms with E-state index in [-0.39, 0.29) is 11.6 Å². The average Bonchev–Trinajstić information content (AvgIpc) is 2.41. The molecular formula is C15H16FNO2S. The Kier molecular flexibility index (Phi) is 4.74. The monoisotopic (exact) mass is 293 g/mol. The van der Waals surface area contributed by atoms with Crippen molar-refractivity contribution in [2.24, 2.45) is 0 Å². The molecule has 5 heteroatoms. The Morgan fingerprint density at radius 2 is 2.05 bits per heavy atom. The van der Waals surface area contributed by atoms with E-state index in [1.165, 1.54) is 12.1 Å². The molecule has 0 aliphatic carbocycles. The summed E-state index contributed by atoms with van der Waals surface area (Å²) in [4.78, 5) is 0.514. The number of nitrogens with two attached hydrogens (primary N) is 1. The molecule has 0 amide bonds. The summed E-state index contributed by atoms with van der Waals surface area (Å²) in [5, 5.41) is 0. The summed E-state index contributed by atoms with van der Waals surface area (Å²) in [7, 11) is -1.34. The normalized spacial score (nSPS) is 12.1. The van der Waals surface area contributed by atoms with Crippen LogP contribution in [0.15, 0.2) is 47.4 Å². The lowest BCUT2D eigenvalue weighted by atomic mass is 10.2. The lowest BCUT2D eigenvalue weighted by molar-refractivity contribution is 0.339. The van der Waals surface area contributed by atoms with Crippen LogP contribution in [0.25, 0.3) is 0 Å². The van der Waals surface area contributed by atoms with Crippen LogP contribution in [0.1, 0.15) is 12.5 Å². The lowest BCUT2D eigenvalue weighted by Crippen LogP contribution is -2.02. The van der Waals surface area contributed by atoms with E-state index in [2.05, 4.69) is 0 Å². The summed E-state index contributed by atoms with van der Waals surface area (Å²) in [6.07, 6.45) is 0. The maximum absolute atomic E-state index is 13.1. The maximum Gasteiger partial charge on any atom is 0.123 e. The molecular weight excluding hydrogens is 277 g/mol. The van der Waals surface area contributed by atoms with Crippen LogP contribution in [0.4, 0.5) is 10.1 Å². The zero-order valence-corrected chi connectivity index (χ0v) is 12.0. The first-order valence-electron chi connectivity index (χ1n) is 6.25. The molecule has 0 heterocycles. The van der Waals surface area contributed by atoms with E-state index in [1.54, 1.807) is 30.3 Å². The Labute approximate surface area is 120 Å². The highest BCUT2D eigenvalue weighted by molar-refractivity contribution is 7.84. The Balaban J connectivity index is 2.22. The molecule has 0 aromatic heterocycles. The van der Waals surface area contributed by atoms with Gasteiger partial charge in [-0.15, -0.1) is 0 Å². The number of hydrogen-bond donors (Lipinski definition) is 1. The van der Waals surface area contributed by atoms with E-state index in [1.807, 2.05) is 6.92 Å². The van der Waals surface area contributed by atoms with Gasteiger partial charge in [0, 0.05) is 5.69 Å². The van der Waals surface area contributed by atoms with Crippen LogP contribution in [-0.2, 0) is 16.6 Å². The van der Waals surface area contributed by atoms with Gasteiger partial charge in [0.05, 0.1) is 28.1 Å². The molecule has 0 fully saturated rings. The molecule has 2 aromatic carbocycles. The highest BCUT2D eigenvalue weighted by Crippen LogP contribution is 2.24. The van der Waals surface area contributed by atoms with Crippen LogP contribution in [0.2, 0.25) is 0 Å². The van der Waals surface area contributed by atoms with E-state index < -0.39 is 10.8 Å². The van der Waals surface area contributed by atoms with Crippen molar-refractivity contribution < 1.29 is 13.3 Å². The highest BCUT2D eigenvalue weighted by Gasteiger charge is 2.11. The van der Waals surface area contributed by atoms with E-state index in [0.717, 1.165) is 0 Å². The summed E-state index contributed by atoms with van der Waals surface area (Å²) in [6, 6.07) is 11.2. The third-order valence-corrected chi connectivity index (χ3v) is 4.17. The SMILES string of the molecule is CCOc1ccc(N)c(S(=O)Cc2cccc(F)c2)c1. The maximum atomic E-state index is 13.1. The van der Waals surface area contributed by atoms with Gasteiger partial charge in [-0.3, -0.25) is 4.21 Å². The second kappa shape index (κ2) is 6.52. The number of ether oxygens (including phenoxy) is 1. The van der Waals surface area contributed by atoms with Crippen molar-refractivity contribution in [3.8, 4) is 5.75 Å². The quantitative estimate of drug-likeness (QED) is 0.862. The molecule has 3 nitrogen and oxygen atoms in total. The predicted molar refractivity (Wildman–Crippen MR) is 78.5 cm³/mol. The zero-order chi connectivity index (χ0) is 14.5. The Bertz CT molecular complexity index is 631. The van der Waals surface area contributed by atoms with Crippen molar-refractivity contribution in [1.82, 2.24) is 0 Å². The molecule has 0 aliphatic heterocycles. The first kappa shape index (κ1) is 14.5. The molecule has 0 saturated carbocycles. The standard InChI is InChI=1S/C15H16FNO2S/c1-2-19-13-6-7-14(17)15(9-13)20(18)10-11-4-3-5-12(16)8-11/h3-9H,2,10,17H2,1H3. The number of nitrogen functional groups attached to an aromatic ring is 1. The Morgan fingerprint density at radius 1 is 1.25 bits per heavy atom. The van der Waals surface area contributed by atoms with Crippen molar-refractivity contribution >= 4 is 16.5 Å². The third kappa shape index (κ3) is 3.57. The van der Waals surface area contributed by atoms with Crippen molar-refractivity contribution in [2.45, 2.75) is 17.6 Å². The zero-order valence-electron chi connectivity index (χ0n) is 11.1. The molecule has 0 bridgehead atoms. The molecule has 2 rings (SSSR count). The minimum atomic E-state index is -1.34. The second-order valence-electron chi connectivity index (χ2n) is 4.25. The van der Waals surface area contributed by atoms with Crippen LogP contribution in [0.5, 0.6) is 5.75 Å². The summed E-state index contributed by atoms with van der Waals surface area (Å²) >= 11 is 0. The van der Waals surface area contributed by atoms with Gasteiger partial charge in [0.2, 0.25) is 0 Å². The molecule has 1 unspecified atom stereocenters. The summed E-state index contributed by atoms with van der Waals surface area (Å²) in [5.74, 6) is 0.511. The number of anilines is 1. The second-order valence-corrected chi connectivity index (χ2v) is 5.67. The fraction of sp³-hybridized carbons (Fsp3) is 0.200. The number of benzene rings is 2. The molecule has 2 aromatic rings. The topological polar surface area (TPSA) is 52.3 Å². The largest absolute Gasteiger partial charge is 0.494 e. The molecule has 0 saturated heterocycles. The van der Waals surface area contributed by atoms with Gasteiger partial charge in [-0.25, -0.2) is 4.39 Å². The van der Waals surface area contributed by atoms with Gasteiger partial charge in [-0.1, -0.05) is 12.1 Å². The minimum Gasteiger partial charge on any atom is -0.494 e. The molecule has 0 radical (unpaired) electrons. The summed E-state index contributed by atoms with van der Waals surface area (Å²) in [6.45, 7) is 2.40. The van der Waals surface area contributed by atoms with Gasteiger partial charge >= 0.3 is 0 Å². The highest BCUT2D eigenvalue weighted by atomic mass is 32.2. The van der Waals surface area contributed by atoms with Crippen LogP contribution in [0.3, 0.4) is 0 Å². The van der Waals surface area contributed by atoms with Crippen LogP contribution in [0, 0.1) is 5.82 Å². The molecule has 1 atom stereocenters. The van der Waals surface area contributed by atoms with E-state index in [4.69, 9.17) is 10.5 Å². The van der Waals surface area contributed by atoms with Gasteiger partial charge in [0.25, 0.3) is 0 Å². The van der Waals surface area contributed by atoms with Crippen LogP contribution in [-0.4, -0.2) is 10.8 Å². The van der Waals surface area contributed by atoms with E-state index >= 15 is 0 Å². The Hall–Kier alpha value is -1.88. The first-order chi connectivity index (χ1) is 9.60. The minimum absolute atomic E-state index is 0.220. The predicted octanol–water partition coefficient (Wildman–Crippen LogP) is 3.11. The van der Waals surface area contributed by atoms with Gasteiger partial charge in [-0.05, 0) is 42.8 Å². The van der Waals surface area contributed by atoms with Crippen molar-refractivity contribution in [1.29, 1.82) is 0 Å². The van der Waals surface area contributed by atoms with E-state index in [9.17, 15) is 8.60 Å². The van der Waals surface area contributed by atoms with Crippen LogP contribution >= 0.6 is 0 Å². The smallest absolute Gasteiger partial charge is 0.123 e. The third-order valence-electron chi connectivity index (χ3n) is 2.73. The van der Waals surface area contributed by atoms with Gasteiger partial charge in [0.1, 0.15) is 11.6 Å². The molecule has 0 aliphatic rings. The molecule has 20 heavy (non-hydrogen) atoms. The number of halogens is 1. The molecule has 2 N–H and O–H groups in total. The average molecular weight is 293 g/mol. The number of hydrogen-bond acceptors (Lipinski definition) is 3.